The Bertz CT molecular complexity index is 466. The van der Waals surface area contributed by atoms with E-state index in [1.54, 1.807) is 13.0 Å². The van der Waals surface area contributed by atoms with Gasteiger partial charge in [-0.3, -0.25) is 4.99 Å². The number of hydrogen-bond donors (Lipinski definition) is 1. The van der Waals surface area contributed by atoms with Crippen LogP contribution in [0.4, 0.5) is 5.69 Å². The second-order valence-corrected chi connectivity index (χ2v) is 5.63. The summed E-state index contributed by atoms with van der Waals surface area (Å²) < 4.78 is 0. The molecule has 0 heterocycles. The molecule has 19 heavy (non-hydrogen) atoms. The smallest absolute Gasteiger partial charge is 0.0909 e. The van der Waals surface area contributed by atoms with Crippen molar-refractivity contribution >= 4 is 11.4 Å². The summed E-state index contributed by atoms with van der Waals surface area (Å²) in [5, 5.41) is 9.34. The molecular weight excluding hydrogens is 234 g/mol. The zero-order chi connectivity index (χ0) is 14.6. The number of aliphatic imine (C=N–C) groups is 1. The summed E-state index contributed by atoms with van der Waals surface area (Å²) in [6.45, 7) is 12.3. The first-order valence-corrected chi connectivity index (χ1v) is 6.88. The Morgan fingerprint density at radius 3 is 1.89 bits per heavy atom. The van der Waals surface area contributed by atoms with Crippen LogP contribution < -0.4 is 0 Å². The second-order valence-electron chi connectivity index (χ2n) is 5.63. The molecule has 2 nitrogen and oxygen atoms in total. The molecule has 0 aliphatic carbocycles. The molecule has 1 aromatic rings. The van der Waals surface area contributed by atoms with Crippen LogP contribution in [0.15, 0.2) is 35.0 Å². The van der Waals surface area contributed by atoms with Gasteiger partial charge in [0.05, 0.1) is 11.4 Å². The molecule has 0 atom stereocenters. The van der Waals surface area contributed by atoms with Crippen LogP contribution in [-0.2, 0) is 0 Å². The van der Waals surface area contributed by atoms with Gasteiger partial charge in [0.2, 0.25) is 0 Å². The molecule has 0 spiro atoms. The summed E-state index contributed by atoms with van der Waals surface area (Å²) in [4.78, 5) is 4.72. The molecular formula is C17H25NO. The normalized spacial score (nSPS) is 13.5. The van der Waals surface area contributed by atoms with Crippen LogP contribution in [0.25, 0.3) is 0 Å². The molecule has 0 bridgehead atoms. The highest BCUT2D eigenvalue weighted by atomic mass is 16.3. The summed E-state index contributed by atoms with van der Waals surface area (Å²) in [7, 11) is 0. The lowest BCUT2D eigenvalue weighted by Crippen LogP contribution is -1.97. The molecule has 1 rings (SSSR count). The van der Waals surface area contributed by atoms with Crippen molar-refractivity contribution in [1.29, 1.82) is 0 Å². The molecule has 0 saturated heterocycles. The standard InChI is InChI=1S/C17H25NO/c1-11(2)15-8-7-9-16(12(3)4)17(15)18-13(5)10-14(6)19/h7-12,19H,1-6H3/b14-10-,18-13+. The van der Waals surface area contributed by atoms with Crippen molar-refractivity contribution in [2.24, 2.45) is 4.99 Å². The third-order valence-electron chi connectivity index (χ3n) is 3.05. The third-order valence-corrected chi connectivity index (χ3v) is 3.05. The van der Waals surface area contributed by atoms with Gasteiger partial charge in [0.15, 0.2) is 0 Å². The number of aliphatic hydroxyl groups is 1. The summed E-state index contributed by atoms with van der Waals surface area (Å²) in [5.74, 6) is 1.16. The van der Waals surface area contributed by atoms with Crippen LogP contribution in [0.2, 0.25) is 0 Å². The fourth-order valence-corrected chi connectivity index (χ4v) is 2.15. The minimum atomic E-state index is 0.286. The Hall–Kier alpha value is -1.57. The highest BCUT2D eigenvalue weighted by Crippen LogP contribution is 2.34. The Balaban J connectivity index is 3.41. The molecule has 104 valence electrons. The summed E-state index contributed by atoms with van der Waals surface area (Å²) in [6, 6.07) is 6.38. The van der Waals surface area contributed by atoms with E-state index < -0.39 is 0 Å². The van der Waals surface area contributed by atoms with E-state index >= 15 is 0 Å². The quantitative estimate of drug-likeness (QED) is 0.563. The maximum Gasteiger partial charge on any atom is 0.0909 e. The number of rotatable bonds is 4. The fourth-order valence-electron chi connectivity index (χ4n) is 2.15. The van der Waals surface area contributed by atoms with Crippen molar-refractivity contribution in [2.45, 2.75) is 53.4 Å². The SMILES string of the molecule is C/C(O)=C/C(C)=N/c1c(C(C)C)cccc1C(C)C. The second kappa shape index (κ2) is 6.55. The van der Waals surface area contributed by atoms with E-state index in [4.69, 9.17) is 4.99 Å². The third kappa shape index (κ3) is 4.23. The van der Waals surface area contributed by atoms with Gasteiger partial charge in [-0.2, -0.15) is 0 Å². The van der Waals surface area contributed by atoms with E-state index in [-0.39, 0.29) is 5.76 Å². The topological polar surface area (TPSA) is 32.6 Å². The molecule has 0 saturated carbocycles. The van der Waals surface area contributed by atoms with Crippen LogP contribution in [0.5, 0.6) is 0 Å². The van der Waals surface area contributed by atoms with Crippen molar-refractivity contribution in [2.75, 3.05) is 0 Å². The summed E-state index contributed by atoms with van der Waals surface area (Å²) >= 11 is 0. The molecule has 0 amide bonds. The van der Waals surface area contributed by atoms with Gasteiger partial charge in [-0.25, -0.2) is 0 Å². The van der Waals surface area contributed by atoms with Crippen LogP contribution in [0.3, 0.4) is 0 Å². The molecule has 1 aromatic carbocycles. The Morgan fingerprint density at radius 1 is 1.05 bits per heavy atom. The average Bonchev–Trinajstić information content (AvgIpc) is 2.27. The molecule has 2 heteroatoms. The number of hydrogen-bond acceptors (Lipinski definition) is 2. The zero-order valence-electron chi connectivity index (χ0n) is 12.9. The van der Waals surface area contributed by atoms with Crippen molar-refractivity contribution in [1.82, 2.24) is 0 Å². The predicted octanol–water partition coefficient (Wildman–Crippen LogP) is 5.49. The van der Waals surface area contributed by atoms with E-state index in [1.807, 2.05) is 6.92 Å². The van der Waals surface area contributed by atoms with Crippen LogP contribution in [0, 0.1) is 0 Å². The zero-order valence-corrected chi connectivity index (χ0v) is 12.9. The predicted molar refractivity (Wildman–Crippen MR) is 83.8 cm³/mol. The van der Waals surface area contributed by atoms with Gasteiger partial charge in [0.25, 0.3) is 0 Å². The summed E-state index contributed by atoms with van der Waals surface area (Å²) in [5.41, 5.74) is 4.40. The monoisotopic (exact) mass is 259 g/mol. The van der Waals surface area contributed by atoms with E-state index in [9.17, 15) is 5.11 Å². The molecule has 0 aliphatic heterocycles. The van der Waals surface area contributed by atoms with Gasteiger partial charge >= 0.3 is 0 Å². The minimum absolute atomic E-state index is 0.286. The number of allylic oxidation sites excluding steroid dienone is 2. The molecule has 0 fully saturated rings. The number of aliphatic hydroxyl groups excluding tert-OH is 1. The van der Waals surface area contributed by atoms with Crippen LogP contribution in [0.1, 0.15) is 64.5 Å². The van der Waals surface area contributed by atoms with Crippen molar-refractivity contribution in [3.8, 4) is 0 Å². The van der Waals surface area contributed by atoms with Gasteiger partial charge in [-0.05, 0) is 42.9 Å². The summed E-state index contributed by atoms with van der Waals surface area (Å²) in [6.07, 6.45) is 1.70. The molecule has 0 aromatic heterocycles. The van der Waals surface area contributed by atoms with Crippen molar-refractivity contribution < 1.29 is 5.11 Å². The number of benzene rings is 1. The lowest BCUT2D eigenvalue weighted by Gasteiger charge is -2.16. The van der Waals surface area contributed by atoms with Gasteiger partial charge in [0.1, 0.15) is 0 Å². The molecule has 0 radical (unpaired) electrons. The van der Waals surface area contributed by atoms with Crippen molar-refractivity contribution in [3.05, 3.63) is 41.2 Å². The first-order valence-electron chi connectivity index (χ1n) is 6.88. The first kappa shape index (κ1) is 15.5. The lowest BCUT2D eigenvalue weighted by atomic mass is 9.93. The Kier molecular flexibility index (Phi) is 5.34. The molecule has 0 aliphatic rings. The first-order chi connectivity index (χ1) is 8.82. The van der Waals surface area contributed by atoms with Gasteiger partial charge in [-0.1, -0.05) is 45.9 Å². The van der Waals surface area contributed by atoms with E-state index in [1.165, 1.54) is 11.1 Å². The number of nitrogens with zero attached hydrogens (tertiary/aromatic N) is 1. The van der Waals surface area contributed by atoms with Gasteiger partial charge in [0, 0.05) is 5.71 Å². The largest absolute Gasteiger partial charge is 0.513 e. The van der Waals surface area contributed by atoms with Crippen molar-refractivity contribution in [3.63, 3.8) is 0 Å². The van der Waals surface area contributed by atoms with Crippen LogP contribution >= 0.6 is 0 Å². The molecule has 1 N–H and O–H groups in total. The minimum Gasteiger partial charge on any atom is -0.513 e. The highest BCUT2D eigenvalue weighted by molar-refractivity contribution is 5.95. The number of para-hydroxylation sites is 1. The average molecular weight is 259 g/mol. The lowest BCUT2D eigenvalue weighted by molar-refractivity contribution is 0.415. The highest BCUT2D eigenvalue weighted by Gasteiger charge is 2.12. The van der Waals surface area contributed by atoms with Gasteiger partial charge < -0.3 is 5.11 Å². The Labute approximate surface area is 116 Å². The van der Waals surface area contributed by atoms with Crippen LogP contribution in [-0.4, -0.2) is 10.8 Å². The molecule has 0 unspecified atom stereocenters. The van der Waals surface area contributed by atoms with E-state index in [0.717, 1.165) is 11.4 Å². The fraction of sp³-hybridized carbons (Fsp3) is 0.471. The maximum atomic E-state index is 9.34. The van der Waals surface area contributed by atoms with Gasteiger partial charge in [-0.15, -0.1) is 0 Å². The Morgan fingerprint density at radius 2 is 1.53 bits per heavy atom. The van der Waals surface area contributed by atoms with E-state index in [0.29, 0.717) is 11.8 Å². The van der Waals surface area contributed by atoms with E-state index in [2.05, 4.69) is 45.9 Å². The maximum absolute atomic E-state index is 9.34.